The second kappa shape index (κ2) is 5.68. The lowest BCUT2D eigenvalue weighted by Gasteiger charge is -2.06. The minimum absolute atomic E-state index is 0.0710. The number of aromatic nitrogens is 1. The van der Waals surface area contributed by atoms with E-state index >= 15 is 0 Å². The number of hydrogen-bond acceptors (Lipinski definition) is 2. The molecule has 3 rings (SSSR count). The number of aryl methyl sites for hydroxylation is 1. The molecule has 1 amide bonds. The first-order chi connectivity index (χ1) is 11.0. The summed E-state index contributed by atoms with van der Waals surface area (Å²) in [6.07, 6.45) is 0. The van der Waals surface area contributed by atoms with Gasteiger partial charge < -0.3 is 10.3 Å². The Labute approximate surface area is 132 Å². The second-order valence-corrected chi connectivity index (χ2v) is 5.41. The quantitative estimate of drug-likeness (QED) is 0.716. The van der Waals surface area contributed by atoms with Crippen molar-refractivity contribution in [3.05, 3.63) is 65.1 Å². The third-order valence-electron chi connectivity index (χ3n) is 3.77. The van der Waals surface area contributed by atoms with Crippen molar-refractivity contribution in [2.24, 2.45) is 0 Å². The number of benzene rings is 2. The molecule has 116 valence electrons. The predicted molar refractivity (Wildman–Crippen MR) is 87.4 cm³/mol. The summed E-state index contributed by atoms with van der Waals surface area (Å²) in [7, 11) is 0. The van der Waals surface area contributed by atoms with E-state index in [1.54, 1.807) is 37.3 Å². The third-order valence-corrected chi connectivity index (χ3v) is 3.77. The molecule has 0 fully saturated rings. The lowest BCUT2D eigenvalue weighted by atomic mass is 10.1. The van der Waals surface area contributed by atoms with Gasteiger partial charge in [0.25, 0.3) is 5.91 Å². The number of H-pyrrole nitrogens is 1. The van der Waals surface area contributed by atoms with Crippen molar-refractivity contribution in [3.63, 3.8) is 0 Å². The number of Topliss-reactive ketones (excluding diaryl/α,β-unsaturated/α-hetero) is 1. The van der Waals surface area contributed by atoms with Crippen molar-refractivity contribution in [2.75, 3.05) is 5.32 Å². The molecule has 2 N–H and O–H groups in total. The largest absolute Gasteiger partial charge is 0.350 e. The van der Waals surface area contributed by atoms with Crippen molar-refractivity contribution < 1.29 is 14.0 Å². The number of nitrogens with one attached hydrogen (secondary N) is 2. The number of halogens is 1. The molecule has 0 aliphatic rings. The Bertz CT molecular complexity index is 928. The van der Waals surface area contributed by atoms with Crippen molar-refractivity contribution in [3.8, 4) is 0 Å². The SMILES string of the molecule is CC(=O)c1cccc(NC(=O)c2[nH]c3ccc(F)cc3c2C)c1. The first-order valence-electron chi connectivity index (χ1n) is 7.16. The van der Waals surface area contributed by atoms with Gasteiger partial charge >= 0.3 is 0 Å². The fourth-order valence-corrected chi connectivity index (χ4v) is 2.54. The van der Waals surface area contributed by atoms with Crippen LogP contribution in [-0.2, 0) is 0 Å². The van der Waals surface area contributed by atoms with Crippen LogP contribution in [0.2, 0.25) is 0 Å². The number of fused-ring (bicyclic) bond motifs is 1. The summed E-state index contributed by atoms with van der Waals surface area (Å²) in [5.74, 6) is -0.751. The molecule has 0 saturated carbocycles. The highest BCUT2D eigenvalue weighted by Crippen LogP contribution is 2.23. The summed E-state index contributed by atoms with van der Waals surface area (Å²) >= 11 is 0. The minimum atomic E-state index is -0.347. The Balaban J connectivity index is 1.93. The molecule has 0 spiro atoms. The number of carbonyl (C=O) groups is 2. The van der Waals surface area contributed by atoms with Crippen LogP contribution in [0.4, 0.5) is 10.1 Å². The Morgan fingerprint density at radius 2 is 1.91 bits per heavy atom. The average molecular weight is 310 g/mol. The van der Waals surface area contributed by atoms with Crippen molar-refractivity contribution >= 4 is 28.3 Å². The molecular weight excluding hydrogens is 295 g/mol. The number of aromatic amines is 1. The van der Waals surface area contributed by atoms with Gasteiger partial charge in [0.15, 0.2) is 5.78 Å². The Morgan fingerprint density at radius 3 is 2.65 bits per heavy atom. The molecule has 0 atom stereocenters. The van der Waals surface area contributed by atoms with E-state index in [0.29, 0.717) is 33.4 Å². The van der Waals surface area contributed by atoms with Gasteiger partial charge in [-0.05, 0) is 49.7 Å². The maximum atomic E-state index is 13.3. The van der Waals surface area contributed by atoms with Crippen LogP contribution >= 0.6 is 0 Å². The summed E-state index contributed by atoms with van der Waals surface area (Å²) in [4.78, 5) is 26.9. The molecule has 1 aromatic heterocycles. The lowest BCUT2D eigenvalue weighted by molar-refractivity contribution is 0.100. The van der Waals surface area contributed by atoms with Gasteiger partial charge in [0.2, 0.25) is 0 Å². The Kier molecular flexibility index (Phi) is 3.70. The first kappa shape index (κ1) is 15.0. The van der Waals surface area contributed by atoms with Crippen molar-refractivity contribution in [1.29, 1.82) is 0 Å². The van der Waals surface area contributed by atoms with Crippen LogP contribution in [0.5, 0.6) is 0 Å². The summed E-state index contributed by atoms with van der Waals surface area (Å²) in [5, 5.41) is 3.43. The van der Waals surface area contributed by atoms with E-state index in [9.17, 15) is 14.0 Å². The predicted octanol–water partition coefficient (Wildman–Crippen LogP) is 4.07. The molecule has 0 aliphatic carbocycles. The third kappa shape index (κ3) is 2.85. The Hall–Kier alpha value is -2.95. The van der Waals surface area contributed by atoms with E-state index in [4.69, 9.17) is 0 Å². The minimum Gasteiger partial charge on any atom is -0.350 e. The van der Waals surface area contributed by atoms with Gasteiger partial charge in [-0.2, -0.15) is 0 Å². The molecular formula is C18H15FN2O2. The van der Waals surface area contributed by atoms with Crippen LogP contribution in [0.25, 0.3) is 10.9 Å². The number of rotatable bonds is 3. The highest BCUT2D eigenvalue weighted by Gasteiger charge is 2.15. The van der Waals surface area contributed by atoms with Gasteiger partial charge in [0.05, 0.1) is 0 Å². The van der Waals surface area contributed by atoms with Gasteiger partial charge in [-0.25, -0.2) is 4.39 Å². The van der Waals surface area contributed by atoms with E-state index in [1.807, 2.05) is 0 Å². The zero-order valence-electron chi connectivity index (χ0n) is 12.7. The van der Waals surface area contributed by atoms with Crippen LogP contribution < -0.4 is 5.32 Å². The average Bonchev–Trinajstić information content (AvgIpc) is 2.84. The molecule has 1 heterocycles. The molecule has 2 aromatic carbocycles. The van der Waals surface area contributed by atoms with E-state index < -0.39 is 0 Å². The van der Waals surface area contributed by atoms with Gasteiger partial charge in [0, 0.05) is 22.2 Å². The second-order valence-electron chi connectivity index (χ2n) is 5.41. The molecule has 3 aromatic rings. The fraction of sp³-hybridized carbons (Fsp3) is 0.111. The zero-order chi connectivity index (χ0) is 16.6. The summed E-state index contributed by atoms with van der Waals surface area (Å²) < 4.78 is 13.3. The zero-order valence-corrected chi connectivity index (χ0v) is 12.7. The number of anilines is 1. The normalized spacial score (nSPS) is 10.7. The highest BCUT2D eigenvalue weighted by atomic mass is 19.1. The van der Waals surface area contributed by atoms with E-state index in [-0.39, 0.29) is 17.5 Å². The van der Waals surface area contributed by atoms with E-state index in [0.717, 1.165) is 0 Å². The lowest BCUT2D eigenvalue weighted by Crippen LogP contribution is -2.13. The highest BCUT2D eigenvalue weighted by molar-refractivity contribution is 6.08. The van der Waals surface area contributed by atoms with Crippen LogP contribution in [0.1, 0.15) is 33.3 Å². The standard InChI is InChI=1S/C18H15FN2O2/c1-10-15-9-13(19)6-7-16(15)21-17(10)18(23)20-14-5-3-4-12(8-14)11(2)22/h3-9,21H,1-2H3,(H,20,23). The topological polar surface area (TPSA) is 62.0 Å². The number of carbonyl (C=O) groups excluding carboxylic acids is 2. The molecule has 5 heteroatoms. The molecule has 0 saturated heterocycles. The molecule has 0 aliphatic heterocycles. The fourth-order valence-electron chi connectivity index (χ4n) is 2.54. The van der Waals surface area contributed by atoms with Crippen LogP contribution in [0, 0.1) is 12.7 Å². The number of ketones is 1. The molecule has 4 nitrogen and oxygen atoms in total. The van der Waals surface area contributed by atoms with Crippen LogP contribution in [0.3, 0.4) is 0 Å². The molecule has 0 unspecified atom stereocenters. The van der Waals surface area contributed by atoms with E-state index in [2.05, 4.69) is 10.3 Å². The van der Waals surface area contributed by atoms with Crippen LogP contribution in [0.15, 0.2) is 42.5 Å². The molecule has 23 heavy (non-hydrogen) atoms. The molecule has 0 bridgehead atoms. The summed E-state index contributed by atoms with van der Waals surface area (Å²) in [5.41, 5.74) is 2.82. The van der Waals surface area contributed by atoms with Gasteiger partial charge in [-0.15, -0.1) is 0 Å². The van der Waals surface area contributed by atoms with E-state index in [1.165, 1.54) is 19.1 Å². The Morgan fingerprint density at radius 1 is 1.13 bits per heavy atom. The maximum absolute atomic E-state index is 13.3. The van der Waals surface area contributed by atoms with Gasteiger partial charge in [0.1, 0.15) is 11.5 Å². The first-order valence-corrected chi connectivity index (χ1v) is 7.16. The van der Waals surface area contributed by atoms with Crippen molar-refractivity contribution in [1.82, 2.24) is 4.98 Å². The van der Waals surface area contributed by atoms with Crippen LogP contribution in [-0.4, -0.2) is 16.7 Å². The van der Waals surface area contributed by atoms with Gasteiger partial charge in [-0.1, -0.05) is 12.1 Å². The monoisotopic (exact) mass is 310 g/mol. The smallest absolute Gasteiger partial charge is 0.272 e. The summed E-state index contributed by atoms with van der Waals surface area (Å²) in [6, 6.07) is 11.1. The molecule has 0 radical (unpaired) electrons. The van der Waals surface area contributed by atoms with Crippen molar-refractivity contribution in [2.45, 2.75) is 13.8 Å². The summed E-state index contributed by atoms with van der Waals surface area (Å²) in [6.45, 7) is 3.23. The number of hydrogen-bond donors (Lipinski definition) is 2. The van der Waals surface area contributed by atoms with Gasteiger partial charge in [-0.3, -0.25) is 9.59 Å². The maximum Gasteiger partial charge on any atom is 0.272 e. The number of amides is 1.